The van der Waals surface area contributed by atoms with Crippen molar-refractivity contribution in [2.75, 3.05) is 0 Å². The van der Waals surface area contributed by atoms with E-state index in [1.165, 1.54) is 17.2 Å². The van der Waals surface area contributed by atoms with Gasteiger partial charge in [-0.1, -0.05) is 59.1 Å². The van der Waals surface area contributed by atoms with Gasteiger partial charge >= 0.3 is 0 Å². The molecular weight excluding hydrogens is 425 g/mol. The first kappa shape index (κ1) is 20.3. The van der Waals surface area contributed by atoms with E-state index in [0.717, 1.165) is 5.56 Å². The van der Waals surface area contributed by atoms with Gasteiger partial charge in [0.1, 0.15) is 11.5 Å². The van der Waals surface area contributed by atoms with Crippen LogP contribution in [0.15, 0.2) is 70.9 Å². The van der Waals surface area contributed by atoms with Crippen LogP contribution >= 0.6 is 23.2 Å². The maximum atomic E-state index is 13.0. The number of aryl methyl sites for hydroxylation is 1. The van der Waals surface area contributed by atoms with Gasteiger partial charge in [-0.25, -0.2) is 0 Å². The van der Waals surface area contributed by atoms with Crippen LogP contribution in [0.3, 0.4) is 0 Å². The summed E-state index contributed by atoms with van der Waals surface area (Å²) in [7, 11) is 0. The number of aliphatic hydroxyl groups excluding tert-OH is 1. The highest BCUT2D eigenvalue weighted by Crippen LogP contribution is 2.43. The Morgan fingerprint density at radius 1 is 1.10 bits per heavy atom. The highest BCUT2D eigenvalue weighted by Gasteiger charge is 2.47. The summed E-state index contributed by atoms with van der Waals surface area (Å²) in [5.41, 5.74) is 1.90. The molecule has 30 heavy (non-hydrogen) atoms. The molecule has 0 aliphatic carbocycles. The van der Waals surface area contributed by atoms with Crippen LogP contribution in [0.25, 0.3) is 5.76 Å². The van der Waals surface area contributed by atoms with Crippen molar-refractivity contribution in [1.29, 1.82) is 0 Å². The second-order valence-electron chi connectivity index (χ2n) is 7.04. The lowest BCUT2D eigenvalue weighted by Crippen LogP contribution is -2.29. The molecule has 1 unspecified atom stereocenters. The molecule has 7 heteroatoms. The van der Waals surface area contributed by atoms with Gasteiger partial charge in [0, 0.05) is 15.6 Å². The van der Waals surface area contributed by atoms with E-state index in [4.69, 9.17) is 27.6 Å². The van der Waals surface area contributed by atoms with Gasteiger partial charge in [-0.2, -0.15) is 0 Å². The monoisotopic (exact) mass is 441 g/mol. The molecule has 1 N–H and O–H groups in total. The van der Waals surface area contributed by atoms with Gasteiger partial charge in [-0.3, -0.25) is 9.59 Å². The van der Waals surface area contributed by atoms with E-state index in [0.29, 0.717) is 21.9 Å². The van der Waals surface area contributed by atoms with Crippen molar-refractivity contribution < 1.29 is 19.1 Å². The first-order valence-electron chi connectivity index (χ1n) is 9.19. The first-order valence-corrected chi connectivity index (χ1v) is 9.95. The molecule has 0 radical (unpaired) electrons. The number of nitrogens with zero attached hydrogens (tertiary/aromatic N) is 1. The summed E-state index contributed by atoms with van der Waals surface area (Å²) in [5, 5.41) is 11.7. The van der Waals surface area contributed by atoms with Gasteiger partial charge in [0.05, 0.1) is 24.4 Å². The van der Waals surface area contributed by atoms with Gasteiger partial charge in [0.2, 0.25) is 0 Å². The maximum Gasteiger partial charge on any atom is 0.296 e. The quantitative estimate of drug-likeness (QED) is 0.328. The van der Waals surface area contributed by atoms with E-state index >= 15 is 0 Å². The first-order chi connectivity index (χ1) is 14.4. The summed E-state index contributed by atoms with van der Waals surface area (Å²) < 4.78 is 5.37. The van der Waals surface area contributed by atoms with Crippen molar-refractivity contribution >= 4 is 40.7 Å². The number of carbonyl (C=O) groups excluding carboxylic acids is 2. The second-order valence-corrected chi connectivity index (χ2v) is 7.88. The molecule has 1 amide bonds. The number of likely N-dealkylation sites (tertiary alicyclic amines) is 1. The maximum absolute atomic E-state index is 13.0. The number of carbonyl (C=O) groups is 2. The average molecular weight is 442 g/mol. The minimum absolute atomic E-state index is 0.0281. The van der Waals surface area contributed by atoms with Crippen molar-refractivity contribution in [3.63, 3.8) is 0 Å². The van der Waals surface area contributed by atoms with E-state index in [9.17, 15) is 14.7 Å². The number of hydrogen-bond donors (Lipinski definition) is 1. The van der Waals surface area contributed by atoms with Crippen molar-refractivity contribution in [3.8, 4) is 0 Å². The molecule has 1 saturated heterocycles. The predicted molar refractivity (Wildman–Crippen MR) is 114 cm³/mol. The molecule has 3 aromatic rings. The molecule has 1 atom stereocenters. The summed E-state index contributed by atoms with van der Waals surface area (Å²) >= 11 is 12.5. The molecule has 2 aromatic carbocycles. The lowest BCUT2D eigenvalue weighted by molar-refractivity contribution is -0.140. The third kappa shape index (κ3) is 3.62. The van der Waals surface area contributed by atoms with E-state index in [2.05, 4.69) is 0 Å². The lowest BCUT2D eigenvalue weighted by Gasteiger charge is -2.25. The number of hydrogen-bond acceptors (Lipinski definition) is 4. The Kier molecular flexibility index (Phi) is 5.41. The highest BCUT2D eigenvalue weighted by molar-refractivity contribution is 6.47. The predicted octanol–water partition coefficient (Wildman–Crippen LogP) is 5.52. The summed E-state index contributed by atoms with van der Waals surface area (Å²) in [6.45, 7) is 1.96. The number of aliphatic hydroxyl groups is 1. The zero-order valence-electron chi connectivity index (χ0n) is 15.9. The Labute approximate surface area is 183 Å². The Morgan fingerprint density at radius 3 is 2.47 bits per heavy atom. The number of furan rings is 1. The molecule has 1 fully saturated rings. The molecule has 0 bridgehead atoms. The molecule has 2 heterocycles. The number of rotatable bonds is 4. The number of halogens is 2. The number of amides is 1. The number of benzene rings is 2. The molecule has 5 nitrogen and oxygen atoms in total. The molecule has 1 aromatic heterocycles. The molecule has 0 spiro atoms. The summed E-state index contributed by atoms with van der Waals surface area (Å²) in [6.07, 6.45) is 1.49. The van der Waals surface area contributed by atoms with E-state index in [1.54, 1.807) is 36.4 Å². The Balaban J connectivity index is 1.90. The summed E-state index contributed by atoms with van der Waals surface area (Å²) in [6, 6.07) is 14.4. The van der Waals surface area contributed by atoms with Crippen LogP contribution in [0.5, 0.6) is 0 Å². The Hall–Kier alpha value is -3.02. The van der Waals surface area contributed by atoms with E-state index in [-0.39, 0.29) is 22.9 Å². The van der Waals surface area contributed by atoms with Crippen molar-refractivity contribution in [2.45, 2.75) is 19.5 Å². The fourth-order valence-electron chi connectivity index (χ4n) is 3.53. The van der Waals surface area contributed by atoms with Crippen LogP contribution in [-0.4, -0.2) is 21.7 Å². The van der Waals surface area contributed by atoms with Crippen molar-refractivity contribution in [1.82, 2.24) is 4.90 Å². The Bertz CT molecular complexity index is 1150. The average Bonchev–Trinajstić information content (AvgIpc) is 3.31. The zero-order valence-corrected chi connectivity index (χ0v) is 17.4. The third-order valence-corrected chi connectivity index (χ3v) is 5.59. The van der Waals surface area contributed by atoms with Crippen LogP contribution in [0.1, 0.15) is 28.5 Å². The zero-order chi connectivity index (χ0) is 21.4. The minimum atomic E-state index is -0.888. The summed E-state index contributed by atoms with van der Waals surface area (Å²) in [5.74, 6) is -1.28. The fraction of sp³-hybridized carbons (Fsp3) is 0.130. The van der Waals surface area contributed by atoms with E-state index < -0.39 is 17.7 Å². The topological polar surface area (TPSA) is 70.8 Å². The number of ketones is 1. The van der Waals surface area contributed by atoms with Crippen LogP contribution in [0.2, 0.25) is 10.0 Å². The lowest BCUT2D eigenvalue weighted by atomic mass is 9.95. The van der Waals surface area contributed by atoms with Gasteiger partial charge in [-0.15, -0.1) is 0 Å². The van der Waals surface area contributed by atoms with Crippen LogP contribution in [0.4, 0.5) is 0 Å². The molecule has 1 aliphatic heterocycles. The largest absolute Gasteiger partial charge is 0.507 e. The van der Waals surface area contributed by atoms with Crippen molar-refractivity contribution in [3.05, 3.63) is 98.9 Å². The van der Waals surface area contributed by atoms with E-state index in [1.807, 2.05) is 19.1 Å². The van der Waals surface area contributed by atoms with Gasteiger partial charge in [-0.05, 0) is 36.8 Å². The molecule has 0 saturated carbocycles. The van der Waals surface area contributed by atoms with Crippen LogP contribution in [0, 0.1) is 6.92 Å². The fourth-order valence-corrected chi connectivity index (χ4v) is 4.04. The highest BCUT2D eigenvalue weighted by atomic mass is 35.5. The van der Waals surface area contributed by atoms with Crippen LogP contribution < -0.4 is 0 Å². The van der Waals surface area contributed by atoms with Gasteiger partial charge in [0.15, 0.2) is 0 Å². The Morgan fingerprint density at radius 2 is 1.83 bits per heavy atom. The SMILES string of the molecule is Cc1ccc(/C(O)=C2/C(=O)C(=O)N(Cc3ccco3)C2c2ccc(Cl)cc2Cl)cc1. The second kappa shape index (κ2) is 8.01. The van der Waals surface area contributed by atoms with Gasteiger partial charge in [0.25, 0.3) is 11.7 Å². The molecule has 4 rings (SSSR count). The molecule has 1 aliphatic rings. The van der Waals surface area contributed by atoms with Crippen LogP contribution in [-0.2, 0) is 16.1 Å². The minimum Gasteiger partial charge on any atom is -0.507 e. The number of Topliss-reactive ketones (excluding diaryl/α,β-unsaturated/α-hetero) is 1. The smallest absolute Gasteiger partial charge is 0.296 e. The normalized spacial score (nSPS) is 18.2. The molecular formula is C23H17Cl2NO4. The third-order valence-electron chi connectivity index (χ3n) is 5.03. The molecule has 152 valence electrons. The standard InChI is InChI=1S/C23H17Cl2NO4/c1-13-4-6-14(7-5-13)21(27)19-20(17-9-8-15(24)11-18(17)25)26(23(29)22(19)28)12-16-3-2-10-30-16/h2-11,20,27H,12H2,1H3/b21-19-. The van der Waals surface area contributed by atoms with Gasteiger partial charge < -0.3 is 14.4 Å². The summed E-state index contributed by atoms with van der Waals surface area (Å²) in [4.78, 5) is 27.2. The van der Waals surface area contributed by atoms with Crippen molar-refractivity contribution in [2.24, 2.45) is 0 Å².